The summed E-state index contributed by atoms with van der Waals surface area (Å²) in [5, 5.41) is 0. The summed E-state index contributed by atoms with van der Waals surface area (Å²) in [5.74, 6) is -5.43. The highest BCUT2D eigenvalue weighted by atomic mass is 19.4. The van der Waals surface area contributed by atoms with E-state index in [0.29, 0.717) is 0 Å². The molecule has 1 fully saturated rings. The van der Waals surface area contributed by atoms with Crippen molar-refractivity contribution in [2.24, 2.45) is 0 Å². The van der Waals surface area contributed by atoms with E-state index in [9.17, 15) is 30.7 Å². The fraction of sp³-hybridized carbons (Fsp3) is 1.00. The second-order valence-electron chi connectivity index (χ2n) is 2.12. The van der Waals surface area contributed by atoms with Crippen LogP contribution in [-0.4, -0.2) is 24.7 Å². The summed E-state index contributed by atoms with van der Waals surface area (Å²) in [7, 11) is 0. The Morgan fingerprint density at radius 3 is 1.62 bits per heavy atom. The zero-order valence-electron chi connectivity index (χ0n) is 5.54. The third-order valence-corrected chi connectivity index (χ3v) is 1.23. The Kier molecular flexibility index (Phi) is 2.00. The van der Waals surface area contributed by atoms with Gasteiger partial charge in [-0.1, -0.05) is 0 Å². The quantitative estimate of drug-likeness (QED) is 0.575. The van der Waals surface area contributed by atoms with Crippen molar-refractivity contribution in [3.8, 4) is 0 Å². The minimum Gasteiger partial charge on any atom is -0.274 e. The van der Waals surface area contributed by atoms with Crippen LogP contribution in [0.4, 0.5) is 30.7 Å². The molecule has 0 N–H and O–H groups in total. The van der Waals surface area contributed by atoms with Gasteiger partial charge in [-0.2, -0.15) is 30.7 Å². The lowest BCUT2D eigenvalue weighted by atomic mass is 10.3. The lowest BCUT2D eigenvalue weighted by Gasteiger charge is -2.24. The summed E-state index contributed by atoms with van der Waals surface area (Å²) in [5.41, 5.74) is 0. The van der Waals surface area contributed by atoms with E-state index in [2.05, 4.69) is 9.47 Å². The molecule has 1 saturated heterocycles. The van der Waals surface area contributed by atoms with Gasteiger partial charge in [0, 0.05) is 0 Å². The van der Waals surface area contributed by atoms with Gasteiger partial charge in [-0.25, -0.2) is 0 Å². The Morgan fingerprint density at radius 2 is 1.46 bits per heavy atom. The zero-order valence-corrected chi connectivity index (χ0v) is 5.54. The summed E-state index contributed by atoms with van der Waals surface area (Å²) >= 11 is 0. The second kappa shape index (κ2) is 2.47. The van der Waals surface area contributed by atoms with Gasteiger partial charge in [0.15, 0.2) is 0 Å². The maximum absolute atomic E-state index is 12.4. The van der Waals surface area contributed by atoms with E-state index in [1.807, 2.05) is 0 Å². The summed E-state index contributed by atoms with van der Waals surface area (Å²) < 4.78 is 88.4. The first-order chi connectivity index (χ1) is 5.60. The van der Waals surface area contributed by atoms with Crippen LogP contribution >= 0.6 is 0 Å². The molecule has 1 heterocycles. The summed E-state index contributed by atoms with van der Waals surface area (Å²) in [6.07, 6.45) is -11.5. The molecule has 0 aliphatic carbocycles. The fourth-order valence-electron chi connectivity index (χ4n) is 0.644. The lowest BCUT2D eigenvalue weighted by Crippen LogP contribution is -2.53. The molecule has 0 saturated carbocycles. The van der Waals surface area contributed by atoms with Crippen molar-refractivity contribution >= 4 is 0 Å². The molecule has 0 aromatic heterocycles. The van der Waals surface area contributed by atoms with Gasteiger partial charge in [-0.15, -0.1) is 0 Å². The molecule has 13 heavy (non-hydrogen) atoms. The number of halogens is 7. The molecule has 2 nitrogen and oxygen atoms in total. The zero-order chi connectivity index (χ0) is 10.5. The highest BCUT2D eigenvalue weighted by molar-refractivity contribution is 4.89. The van der Waals surface area contributed by atoms with Crippen LogP contribution in [0.1, 0.15) is 0 Å². The highest BCUT2D eigenvalue weighted by Gasteiger charge is 2.80. The third kappa shape index (κ3) is 1.35. The van der Waals surface area contributed by atoms with Crippen molar-refractivity contribution in [3.05, 3.63) is 0 Å². The third-order valence-electron chi connectivity index (χ3n) is 1.23. The van der Waals surface area contributed by atoms with E-state index >= 15 is 0 Å². The molecule has 0 radical (unpaired) electrons. The molecule has 1 aliphatic rings. The first kappa shape index (κ1) is 10.5. The SMILES string of the molecule is F[C@@H]1OC(F)(F)[C@@](F)(C(F)(F)F)O1. The van der Waals surface area contributed by atoms with Crippen LogP contribution in [0.15, 0.2) is 0 Å². The van der Waals surface area contributed by atoms with Crippen molar-refractivity contribution in [3.63, 3.8) is 0 Å². The second-order valence-corrected chi connectivity index (χ2v) is 2.12. The van der Waals surface area contributed by atoms with E-state index < -0.39 is 24.7 Å². The topological polar surface area (TPSA) is 18.5 Å². The maximum Gasteiger partial charge on any atom is 0.458 e. The monoisotopic (exact) mass is 214 g/mol. The Balaban J connectivity index is 3.03. The van der Waals surface area contributed by atoms with Crippen molar-refractivity contribution in [2.75, 3.05) is 0 Å². The molecule has 0 aromatic carbocycles. The van der Waals surface area contributed by atoms with Crippen LogP contribution in [0.25, 0.3) is 0 Å². The van der Waals surface area contributed by atoms with Gasteiger partial charge in [-0.05, 0) is 0 Å². The van der Waals surface area contributed by atoms with E-state index in [0.717, 1.165) is 0 Å². The Morgan fingerprint density at radius 1 is 1.00 bits per heavy atom. The molecule has 0 spiro atoms. The van der Waals surface area contributed by atoms with Gasteiger partial charge in [0.05, 0.1) is 0 Å². The van der Waals surface area contributed by atoms with Crippen LogP contribution in [0.5, 0.6) is 0 Å². The fourth-order valence-corrected chi connectivity index (χ4v) is 0.644. The molecular formula is C4HF7O2. The smallest absolute Gasteiger partial charge is 0.274 e. The van der Waals surface area contributed by atoms with Crippen LogP contribution < -0.4 is 0 Å². The average molecular weight is 214 g/mol. The number of hydrogen-bond donors (Lipinski definition) is 0. The maximum atomic E-state index is 12.4. The van der Waals surface area contributed by atoms with Gasteiger partial charge < -0.3 is 0 Å². The lowest BCUT2D eigenvalue weighted by molar-refractivity contribution is -0.394. The van der Waals surface area contributed by atoms with Crippen LogP contribution in [-0.2, 0) is 9.47 Å². The standard InChI is InChI=1S/C4HF7O2/c5-1-12-2(6,3(7,8)9)4(10,11)13-1/h1H/t1-,2+/m0/s1. The molecule has 9 heteroatoms. The number of hydrogen-bond acceptors (Lipinski definition) is 2. The summed E-state index contributed by atoms with van der Waals surface area (Å²) in [4.78, 5) is 0. The molecule has 0 bridgehead atoms. The van der Waals surface area contributed by atoms with Crippen molar-refractivity contribution in [2.45, 2.75) is 24.7 Å². The Hall–Kier alpha value is -0.570. The van der Waals surface area contributed by atoms with Gasteiger partial charge >= 0.3 is 24.7 Å². The molecule has 0 unspecified atom stereocenters. The van der Waals surface area contributed by atoms with Crippen molar-refractivity contribution in [1.82, 2.24) is 0 Å². The molecule has 1 aliphatic heterocycles. The number of ether oxygens (including phenoxy) is 2. The van der Waals surface area contributed by atoms with E-state index in [1.54, 1.807) is 0 Å². The van der Waals surface area contributed by atoms with Crippen molar-refractivity contribution in [1.29, 1.82) is 0 Å². The summed E-state index contributed by atoms with van der Waals surface area (Å²) in [6, 6.07) is 0. The largest absolute Gasteiger partial charge is 0.458 e. The van der Waals surface area contributed by atoms with Crippen LogP contribution in [0.2, 0.25) is 0 Å². The van der Waals surface area contributed by atoms with E-state index in [-0.39, 0.29) is 0 Å². The molecule has 78 valence electrons. The van der Waals surface area contributed by atoms with Crippen LogP contribution in [0, 0.1) is 0 Å². The van der Waals surface area contributed by atoms with Crippen LogP contribution in [0.3, 0.4) is 0 Å². The van der Waals surface area contributed by atoms with E-state index in [1.165, 1.54) is 0 Å². The van der Waals surface area contributed by atoms with Gasteiger partial charge in [0.25, 0.3) is 0 Å². The molecule has 2 atom stereocenters. The Labute approximate surface area is 66.2 Å². The average Bonchev–Trinajstić information content (AvgIpc) is 2.00. The number of alkyl halides is 7. The molecule has 0 aromatic rings. The normalized spacial score (nSPS) is 39.5. The highest BCUT2D eigenvalue weighted by Crippen LogP contribution is 2.52. The first-order valence-corrected chi connectivity index (χ1v) is 2.73. The molecule has 1 rings (SSSR count). The van der Waals surface area contributed by atoms with Gasteiger partial charge in [-0.3, -0.25) is 9.47 Å². The predicted octanol–water partition coefficient (Wildman–Crippen LogP) is 2.11. The van der Waals surface area contributed by atoms with Gasteiger partial charge in [0.1, 0.15) is 0 Å². The predicted molar refractivity (Wildman–Crippen MR) is 21.9 cm³/mol. The Bertz CT molecular complexity index is 213. The minimum atomic E-state index is -6.07. The molecule has 0 amide bonds. The molecular weight excluding hydrogens is 213 g/mol. The minimum absolute atomic E-state index is 2.67. The first-order valence-electron chi connectivity index (χ1n) is 2.73. The number of rotatable bonds is 0. The van der Waals surface area contributed by atoms with E-state index in [4.69, 9.17) is 0 Å². The van der Waals surface area contributed by atoms with Gasteiger partial charge in [0.2, 0.25) is 0 Å². The summed E-state index contributed by atoms with van der Waals surface area (Å²) in [6.45, 7) is -3.44. The van der Waals surface area contributed by atoms with Crippen molar-refractivity contribution < 1.29 is 40.2 Å².